The van der Waals surface area contributed by atoms with E-state index in [1.165, 1.54) is 25.1 Å². The molecule has 2 saturated heterocycles. The van der Waals surface area contributed by atoms with E-state index in [2.05, 4.69) is 0 Å². The fraction of sp³-hybridized carbons (Fsp3) is 0.440. The summed E-state index contributed by atoms with van der Waals surface area (Å²) in [5, 5.41) is 0. The molecule has 2 fully saturated rings. The number of rotatable bonds is 6. The first-order chi connectivity index (χ1) is 16.6. The summed E-state index contributed by atoms with van der Waals surface area (Å²) in [6, 6.07) is 8.77. The van der Waals surface area contributed by atoms with Crippen LogP contribution in [0, 0.1) is 5.82 Å². The van der Waals surface area contributed by atoms with Gasteiger partial charge in [-0.1, -0.05) is 0 Å². The summed E-state index contributed by atoms with van der Waals surface area (Å²) in [4.78, 5) is 28.5. The largest absolute Gasteiger partial charge is 0.489 e. The first kappa shape index (κ1) is 25.1. The van der Waals surface area contributed by atoms with E-state index in [0.29, 0.717) is 69.2 Å². The van der Waals surface area contributed by atoms with E-state index < -0.39 is 15.7 Å². The molecule has 0 saturated carbocycles. The molecule has 2 heterocycles. The molecule has 0 atom stereocenters. The summed E-state index contributed by atoms with van der Waals surface area (Å²) >= 11 is 0. The normalized spacial score (nSPS) is 17.3. The lowest BCUT2D eigenvalue weighted by molar-refractivity contribution is 0.0249. The molecule has 0 unspecified atom stereocenters. The number of piperazine rings is 1. The Morgan fingerprint density at radius 3 is 2.31 bits per heavy atom. The third kappa shape index (κ3) is 5.82. The summed E-state index contributed by atoms with van der Waals surface area (Å²) in [5.41, 5.74) is 0.887. The zero-order valence-electron chi connectivity index (χ0n) is 19.8. The second-order valence-electron chi connectivity index (χ2n) is 8.86. The Morgan fingerprint density at radius 1 is 1.03 bits per heavy atom. The third-order valence-electron chi connectivity index (χ3n) is 6.33. The predicted molar refractivity (Wildman–Crippen MR) is 129 cm³/mol. The molecule has 2 aromatic rings. The number of anilines is 1. The zero-order chi connectivity index (χ0) is 25.2. The van der Waals surface area contributed by atoms with Crippen molar-refractivity contribution in [3.63, 3.8) is 0 Å². The minimum atomic E-state index is -3.52. The van der Waals surface area contributed by atoms with Gasteiger partial charge >= 0.3 is 0 Å². The number of ether oxygens (including phenoxy) is 2. The molecule has 1 amide bonds. The standard InChI is InChI=1S/C25H29FN2O6S/c1-17(29)18-3-5-23(22(26)15-18)27-9-11-28(12-10-27)25(30)21-16-20(35(2,31)32)4-6-24(21)34-19-7-13-33-14-8-19/h3-6,15-16,19H,7-14H2,1-2H3. The minimum Gasteiger partial charge on any atom is -0.489 e. The molecular formula is C25H29FN2O6S. The van der Waals surface area contributed by atoms with Gasteiger partial charge < -0.3 is 19.3 Å². The molecule has 2 aromatic carbocycles. The number of hydrogen-bond donors (Lipinski definition) is 0. The number of ketones is 1. The first-order valence-corrected chi connectivity index (χ1v) is 13.5. The Balaban J connectivity index is 1.52. The van der Waals surface area contributed by atoms with Crippen LogP contribution < -0.4 is 9.64 Å². The van der Waals surface area contributed by atoms with Crippen molar-refractivity contribution >= 4 is 27.2 Å². The van der Waals surface area contributed by atoms with Crippen LogP contribution in [-0.2, 0) is 14.6 Å². The number of carbonyl (C=O) groups excluding carboxylic acids is 2. The lowest BCUT2D eigenvalue weighted by Gasteiger charge is -2.36. The fourth-order valence-electron chi connectivity index (χ4n) is 4.29. The van der Waals surface area contributed by atoms with Crippen LogP contribution in [0.2, 0.25) is 0 Å². The van der Waals surface area contributed by atoms with Crippen molar-refractivity contribution in [2.24, 2.45) is 0 Å². The molecule has 35 heavy (non-hydrogen) atoms. The van der Waals surface area contributed by atoms with Gasteiger partial charge in [-0.2, -0.15) is 0 Å². The number of carbonyl (C=O) groups is 2. The molecule has 8 nitrogen and oxygen atoms in total. The van der Waals surface area contributed by atoms with Crippen LogP contribution in [0.3, 0.4) is 0 Å². The van der Waals surface area contributed by atoms with E-state index in [1.54, 1.807) is 23.1 Å². The average Bonchev–Trinajstić information content (AvgIpc) is 2.84. The third-order valence-corrected chi connectivity index (χ3v) is 7.44. The molecular weight excluding hydrogens is 475 g/mol. The van der Waals surface area contributed by atoms with Gasteiger partial charge in [0, 0.05) is 50.8 Å². The van der Waals surface area contributed by atoms with Gasteiger partial charge in [0.2, 0.25) is 0 Å². The molecule has 10 heteroatoms. The molecule has 188 valence electrons. The van der Waals surface area contributed by atoms with E-state index in [0.717, 1.165) is 6.26 Å². The molecule has 0 radical (unpaired) electrons. The van der Waals surface area contributed by atoms with Crippen LogP contribution in [-0.4, -0.2) is 76.8 Å². The van der Waals surface area contributed by atoms with Crippen molar-refractivity contribution in [2.45, 2.75) is 30.8 Å². The van der Waals surface area contributed by atoms with Gasteiger partial charge in [0.15, 0.2) is 15.6 Å². The Hall–Kier alpha value is -2.98. The summed E-state index contributed by atoms with van der Waals surface area (Å²) in [5.74, 6) is -0.668. The van der Waals surface area contributed by atoms with Crippen molar-refractivity contribution in [2.75, 3.05) is 50.5 Å². The lowest BCUT2D eigenvalue weighted by Crippen LogP contribution is -2.49. The van der Waals surface area contributed by atoms with Crippen molar-refractivity contribution in [3.05, 3.63) is 53.3 Å². The number of Topliss-reactive ketones (excluding diaryl/α,β-unsaturated/α-hetero) is 1. The van der Waals surface area contributed by atoms with Gasteiger partial charge in [0.05, 0.1) is 29.4 Å². The second kappa shape index (κ2) is 10.3. The number of benzene rings is 2. The van der Waals surface area contributed by atoms with E-state index in [1.807, 2.05) is 4.90 Å². The summed E-state index contributed by atoms with van der Waals surface area (Å²) in [6.07, 6.45) is 2.36. The average molecular weight is 505 g/mol. The van der Waals surface area contributed by atoms with E-state index in [4.69, 9.17) is 9.47 Å². The number of halogens is 1. The molecule has 0 spiro atoms. The minimum absolute atomic E-state index is 0.0476. The van der Waals surface area contributed by atoms with Gasteiger partial charge in [0.1, 0.15) is 17.7 Å². The van der Waals surface area contributed by atoms with Crippen molar-refractivity contribution < 1.29 is 31.9 Å². The highest BCUT2D eigenvalue weighted by Gasteiger charge is 2.28. The lowest BCUT2D eigenvalue weighted by atomic mass is 10.1. The Kier molecular flexibility index (Phi) is 7.42. The monoisotopic (exact) mass is 504 g/mol. The summed E-state index contributed by atoms with van der Waals surface area (Å²) in [7, 11) is -3.52. The topological polar surface area (TPSA) is 93.2 Å². The van der Waals surface area contributed by atoms with E-state index in [9.17, 15) is 22.4 Å². The highest BCUT2D eigenvalue weighted by molar-refractivity contribution is 7.90. The molecule has 2 aliphatic heterocycles. The van der Waals surface area contributed by atoms with Gasteiger partial charge in [-0.25, -0.2) is 12.8 Å². The SMILES string of the molecule is CC(=O)c1ccc(N2CCN(C(=O)c3cc(S(C)(=O)=O)ccc3OC3CCOCC3)CC2)c(F)c1. The fourth-order valence-corrected chi connectivity index (χ4v) is 4.93. The van der Waals surface area contributed by atoms with Gasteiger partial charge in [-0.05, 0) is 43.3 Å². The highest BCUT2D eigenvalue weighted by Crippen LogP contribution is 2.28. The molecule has 0 aliphatic carbocycles. The molecule has 0 bridgehead atoms. The summed E-state index contributed by atoms with van der Waals surface area (Å²) in [6.45, 7) is 3.97. The Labute approximate surface area is 204 Å². The quantitative estimate of drug-likeness (QED) is 0.559. The Morgan fingerprint density at radius 2 is 1.71 bits per heavy atom. The maximum atomic E-state index is 14.6. The van der Waals surface area contributed by atoms with Crippen molar-refractivity contribution in [1.29, 1.82) is 0 Å². The molecule has 4 rings (SSSR count). The van der Waals surface area contributed by atoms with Crippen LogP contribution in [0.25, 0.3) is 0 Å². The van der Waals surface area contributed by atoms with Gasteiger partial charge in [-0.15, -0.1) is 0 Å². The molecule has 0 N–H and O–H groups in total. The number of amides is 1. The number of sulfone groups is 1. The van der Waals surface area contributed by atoms with E-state index in [-0.39, 0.29) is 28.3 Å². The van der Waals surface area contributed by atoms with Crippen LogP contribution in [0.1, 0.15) is 40.5 Å². The molecule has 0 aromatic heterocycles. The highest BCUT2D eigenvalue weighted by atomic mass is 32.2. The maximum Gasteiger partial charge on any atom is 0.257 e. The predicted octanol–water partition coefficient (Wildman–Crippen LogP) is 2.95. The Bertz CT molecular complexity index is 1220. The summed E-state index contributed by atoms with van der Waals surface area (Å²) < 4.78 is 50.3. The van der Waals surface area contributed by atoms with Gasteiger partial charge in [0.25, 0.3) is 5.91 Å². The maximum absolute atomic E-state index is 14.6. The second-order valence-corrected chi connectivity index (χ2v) is 10.9. The van der Waals surface area contributed by atoms with Crippen molar-refractivity contribution in [3.8, 4) is 5.75 Å². The number of nitrogens with zero attached hydrogens (tertiary/aromatic N) is 2. The van der Waals surface area contributed by atoms with Crippen molar-refractivity contribution in [1.82, 2.24) is 4.90 Å². The smallest absolute Gasteiger partial charge is 0.257 e. The van der Waals surface area contributed by atoms with Gasteiger partial charge in [-0.3, -0.25) is 9.59 Å². The number of hydrogen-bond acceptors (Lipinski definition) is 7. The molecule has 2 aliphatic rings. The van der Waals surface area contributed by atoms with Crippen LogP contribution >= 0.6 is 0 Å². The van der Waals surface area contributed by atoms with E-state index >= 15 is 0 Å². The zero-order valence-corrected chi connectivity index (χ0v) is 20.6. The van der Waals surface area contributed by atoms with Crippen LogP contribution in [0.5, 0.6) is 5.75 Å². The first-order valence-electron chi connectivity index (χ1n) is 11.6. The van der Waals surface area contributed by atoms with Crippen LogP contribution in [0.15, 0.2) is 41.3 Å². The van der Waals surface area contributed by atoms with Crippen LogP contribution in [0.4, 0.5) is 10.1 Å².